The standard InChI is InChI=1S/C14H24N2O2/c1-5-18-13-8-6-7-12(16-13)15-11(9-10-17)14(2,3)4/h6-8,11,17H,5,9-10H2,1-4H3,(H,15,16). The number of pyridine rings is 1. The molecule has 1 rings (SSSR count). The first-order valence-corrected chi connectivity index (χ1v) is 6.44. The van der Waals surface area contributed by atoms with E-state index in [0.29, 0.717) is 18.9 Å². The highest BCUT2D eigenvalue weighted by molar-refractivity contribution is 5.38. The molecule has 1 aromatic heterocycles. The van der Waals surface area contributed by atoms with Crippen LogP contribution in [0.5, 0.6) is 5.88 Å². The summed E-state index contributed by atoms with van der Waals surface area (Å²) < 4.78 is 5.37. The summed E-state index contributed by atoms with van der Waals surface area (Å²) in [5.74, 6) is 1.41. The second kappa shape index (κ2) is 6.59. The van der Waals surface area contributed by atoms with Gasteiger partial charge in [0.1, 0.15) is 5.82 Å². The molecule has 0 bridgehead atoms. The number of aliphatic hydroxyl groups excluding tert-OH is 1. The van der Waals surface area contributed by atoms with Crippen molar-refractivity contribution in [1.29, 1.82) is 0 Å². The van der Waals surface area contributed by atoms with E-state index in [0.717, 1.165) is 5.82 Å². The van der Waals surface area contributed by atoms with Crippen LogP contribution in [0.3, 0.4) is 0 Å². The molecule has 0 aliphatic heterocycles. The maximum Gasteiger partial charge on any atom is 0.215 e. The SMILES string of the molecule is CCOc1cccc(NC(CCO)C(C)(C)C)n1. The number of hydrogen-bond donors (Lipinski definition) is 2. The average molecular weight is 252 g/mol. The Hall–Kier alpha value is -1.29. The van der Waals surface area contributed by atoms with E-state index < -0.39 is 0 Å². The molecule has 102 valence electrons. The quantitative estimate of drug-likeness (QED) is 0.817. The Morgan fingerprint density at radius 1 is 1.39 bits per heavy atom. The Kier molecular flexibility index (Phi) is 5.41. The lowest BCUT2D eigenvalue weighted by Crippen LogP contribution is -2.35. The molecular weight excluding hydrogens is 228 g/mol. The maximum absolute atomic E-state index is 9.13. The fraction of sp³-hybridized carbons (Fsp3) is 0.643. The molecule has 0 fully saturated rings. The fourth-order valence-electron chi connectivity index (χ4n) is 1.75. The summed E-state index contributed by atoms with van der Waals surface area (Å²) in [6.07, 6.45) is 0.698. The van der Waals surface area contributed by atoms with E-state index in [9.17, 15) is 0 Å². The van der Waals surface area contributed by atoms with Gasteiger partial charge in [0.25, 0.3) is 0 Å². The van der Waals surface area contributed by atoms with Crippen molar-refractivity contribution < 1.29 is 9.84 Å². The van der Waals surface area contributed by atoms with E-state index in [1.165, 1.54) is 0 Å². The van der Waals surface area contributed by atoms with Gasteiger partial charge in [-0.2, -0.15) is 4.98 Å². The fourth-order valence-corrected chi connectivity index (χ4v) is 1.75. The average Bonchev–Trinajstić information content (AvgIpc) is 2.28. The molecule has 0 amide bonds. The van der Waals surface area contributed by atoms with Gasteiger partial charge in [-0.25, -0.2) is 0 Å². The first kappa shape index (κ1) is 14.8. The monoisotopic (exact) mass is 252 g/mol. The molecule has 1 unspecified atom stereocenters. The molecule has 0 aliphatic rings. The van der Waals surface area contributed by atoms with Crippen LogP contribution in [0, 0.1) is 5.41 Å². The summed E-state index contributed by atoms with van der Waals surface area (Å²) in [6.45, 7) is 9.15. The highest BCUT2D eigenvalue weighted by atomic mass is 16.5. The van der Waals surface area contributed by atoms with E-state index in [4.69, 9.17) is 9.84 Å². The Bertz CT molecular complexity index is 361. The van der Waals surface area contributed by atoms with Crippen molar-refractivity contribution in [2.24, 2.45) is 5.41 Å². The molecular formula is C14H24N2O2. The van der Waals surface area contributed by atoms with E-state index in [-0.39, 0.29) is 18.1 Å². The minimum Gasteiger partial charge on any atom is -0.478 e. The van der Waals surface area contributed by atoms with Gasteiger partial charge < -0.3 is 15.2 Å². The Balaban J connectivity index is 2.77. The van der Waals surface area contributed by atoms with Gasteiger partial charge in [0.15, 0.2) is 0 Å². The first-order valence-electron chi connectivity index (χ1n) is 6.44. The number of ether oxygens (including phenoxy) is 1. The summed E-state index contributed by atoms with van der Waals surface area (Å²) in [6, 6.07) is 5.84. The molecule has 0 spiro atoms. The van der Waals surface area contributed by atoms with Gasteiger partial charge in [-0.15, -0.1) is 0 Å². The van der Waals surface area contributed by atoms with Crippen LogP contribution in [0.4, 0.5) is 5.82 Å². The molecule has 0 saturated carbocycles. The molecule has 4 heteroatoms. The molecule has 0 aliphatic carbocycles. The Morgan fingerprint density at radius 3 is 2.67 bits per heavy atom. The maximum atomic E-state index is 9.13. The van der Waals surface area contributed by atoms with Crippen LogP contribution in [-0.2, 0) is 0 Å². The highest BCUT2D eigenvalue weighted by Gasteiger charge is 2.24. The van der Waals surface area contributed by atoms with Crippen molar-refractivity contribution in [3.63, 3.8) is 0 Å². The molecule has 1 atom stereocenters. The van der Waals surface area contributed by atoms with Crippen LogP contribution < -0.4 is 10.1 Å². The van der Waals surface area contributed by atoms with Gasteiger partial charge in [-0.3, -0.25) is 0 Å². The number of rotatable bonds is 6. The number of hydrogen-bond acceptors (Lipinski definition) is 4. The largest absolute Gasteiger partial charge is 0.478 e. The zero-order valence-corrected chi connectivity index (χ0v) is 11.7. The third-order valence-electron chi connectivity index (χ3n) is 2.80. The zero-order valence-electron chi connectivity index (χ0n) is 11.7. The van der Waals surface area contributed by atoms with Crippen molar-refractivity contribution in [3.05, 3.63) is 18.2 Å². The zero-order chi connectivity index (χ0) is 13.6. The van der Waals surface area contributed by atoms with E-state index in [1.807, 2.05) is 25.1 Å². The summed E-state index contributed by atoms with van der Waals surface area (Å²) in [5.41, 5.74) is 0.0615. The second-order valence-electron chi connectivity index (χ2n) is 5.37. The normalized spacial score (nSPS) is 13.2. The number of nitrogens with one attached hydrogen (secondary N) is 1. The molecule has 0 saturated heterocycles. The molecule has 0 aromatic carbocycles. The minimum absolute atomic E-state index is 0.0615. The predicted octanol–water partition coefficient (Wildman–Crippen LogP) is 2.69. The number of anilines is 1. The van der Waals surface area contributed by atoms with Gasteiger partial charge in [-0.1, -0.05) is 26.8 Å². The first-order chi connectivity index (χ1) is 8.47. The molecule has 2 N–H and O–H groups in total. The lowest BCUT2D eigenvalue weighted by atomic mass is 9.85. The van der Waals surface area contributed by atoms with Crippen molar-refractivity contribution in [2.75, 3.05) is 18.5 Å². The lowest BCUT2D eigenvalue weighted by Gasteiger charge is -2.31. The minimum atomic E-state index is 0.0615. The van der Waals surface area contributed by atoms with Crippen LogP contribution in [-0.4, -0.2) is 29.3 Å². The summed E-state index contributed by atoms with van der Waals surface area (Å²) in [5, 5.41) is 12.5. The van der Waals surface area contributed by atoms with Gasteiger partial charge in [0, 0.05) is 18.7 Å². The van der Waals surface area contributed by atoms with Crippen molar-refractivity contribution >= 4 is 5.82 Å². The van der Waals surface area contributed by atoms with Crippen LogP contribution in [0.1, 0.15) is 34.1 Å². The Morgan fingerprint density at radius 2 is 2.11 bits per heavy atom. The molecule has 1 heterocycles. The molecule has 18 heavy (non-hydrogen) atoms. The van der Waals surface area contributed by atoms with Crippen LogP contribution in [0.15, 0.2) is 18.2 Å². The summed E-state index contributed by atoms with van der Waals surface area (Å²) in [7, 11) is 0. The second-order valence-corrected chi connectivity index (χ2v) is 5.37. The predicted molar refractivity (Wildman–Crippen MR) is 74.0 cm³/mol. The lowest BCUT2D eigenvalue weighted by molar-refractivity contribution is 0.235. The van der Waals surface area contributed by atoms with Gasteiger partial charge in [0.2, 0.25) is 5.88 Å². The third-order valence-corrected chi connectivity index (χ3v) is 2.80. The van der Waals surface area contributed by atoms with E-state index in [1.54, 1.807) is 0 Å². The van der Waals surface area contributed by atoms with E-state index >= 15 is 0 Å². The van der Waals surface area contributed by atoms with Gasteiger partial charge in [0.05, 0.1) is 6.61 Å². The number of aliphatic hydroxyl groups is 1. The van der Waals surface area contributed by atoms with Crippen LogP contribution >= 0.6 is 0 Å². The summed E-state index contributed by atoms with van der Waals surface area (Å²) in [4.78, 5) is 4.38. The van der Waals surface area contributed by atoms with Crippen LogP contribution in [0.2, 0.25) is 0 Å². The molecule has 4 nitrogen and oxygen atoms in total. The van der Waals surface area contributed by atoms with Crippen molar-refractivity contribution in [1.82, 2.24) is 4.98 Å². The van der Waals surface area contributed by atoms with Crippen molar-refractivity contribution in [2.45, 2.75) is 40.2 Å². The van der Waals surface area contributed by atoms with Gasteiger partial charge in [-0.05, 0) is 24.8 Å². The molecule has 0 radical (unpaired) electrons. The summed E-state index contributed by atoms with van der Waals surface area (Å²) >= 11 is 0. The topological polar surface area (TPSA) is 54.4 Å². The van der Waals surface area contributed by atoms with Crippen molar-refractivity contribution in [3.8, 4) is 5.88 Å². The van der Waals surface area contributed by atoms with Crippen LogP contribution in [0.25, 0.3) is 0 Å². The molecule has 1 aromatic rings. The number of aromatic nitrogens is 1. The smallest absolute Gasteiger partial charge is 0.215 e. The number of nitrogens with zero attached hydrogens (tertiary/aromatic N) is 1. The Labute approximate surface area is 109 Å². The third kappa shape index (κ3) is 4.53. The van der Waals surface area contributed by atoms with Gasteiger partial charge >= 0.3 is 0 Å². The highest BCUT2D eigenvalue weighted by Crippen LogP contribution is 2.25. The van der Waals surface area contributed by atoms with E-state index in [2.05, 4.69) is 31.1 Å².